The van der Waals surface area contributed by atoms with E-state index in [4.69, 9.17) is 5.11 Å². The topological polar surface area (TPSA) is 95.5 Å². The maximum atomic E-state index is 12.7. The Bertz CT molecular complexity index is 999. The standard InChI is InChI=1S/C19H13F3N2O4/c20-19(21,22)18(28)24-17-13-4-2-1-3-11(13)12-6-5-10(9-14(12)17)23-15(25)7-8-16(26)27/h1-9,17H,(H,23,25)(H,24,28)(H,26,27)/b8-7-/t17-/m0/s1. The van der Waals surface area contributed by atoms with E-state index < -0.39 is 30.0 Å². The molecule has 6 nitrogen and oxygen atoms in total. The molecular formula is C19H13F3N2O4. The summed E-state index contributed by atoms with van der Waals surface area (Å²) in [5.74, 6) is -4.08. The van der Waals surface area contributed by atoms with Crippen molar-refractivity contribution < 1.29 is 32.7 Å². The SMILES string of the molecule is O=C(O)/C=C\C(=O)Nc1ccc2c(c1)[C@@H](NC(=O)C(F)(F)F)c1ccccc1-2. The summed E-state index contributed by atoms with van der Waals surface area (Å²) in [7, 11) is 0. The highest BCUT2D eigenvalue weighted by Gasteiger charge is 2.42. The van der Waals surface area contributed by atoms with Crippen molar-refractivity contribution in [3.8, 4) is 11.1 Å². The van der Waals surface area contributed by atoms with Crippen molar-refractivity contribution in [1.29, 1.82) is 0 Å². The Hall–Kier alpha value is -3.62. The Morgan fingerprint density at radius 3 is 2.32 bits per heavy atom. The first-order valence-corrected chi connectivity index (χ1v) is 8.00. The van der Waals surface area contributed by atoms with E-state index in [2.05, 4.69) is 5.32 Å². The Balaban J connectivity index is 1.95. The van der Waals surface area contributed by atoms with Gasteiger partial charge in [0.1, 0.15) is 0 Å². The molecule has 0 aliphatic heterocycles. The first-order chi connectivity index (χ1) is 13.2. The van der Waals surface area contributed by atoms with Gasteiger partial charge in [-0.1, -0.05) is 30.3 Å². The van der Waals surface area contributed by atoms with Gasteiger partial charge in [-0.2, -0.15) is 13.2 Å². The molecule has 1 aliphatic rings. The molecule has 1 aliphatic carbocycles. The monoisotopic (exact) mass is 390 g/mol. The van der Waals surface area contributed by atoms with Gasteiger partial charge in [0, 0.05) is 17.8 Å². The molecule has 1 atom stereocenters. The third-order valence-electron chi connectivity index (χ3n) is 4.10. The van der Waals surface area contributed by atoms with Crippen LogP contribution in [0.15, 0.2) is 54.6 Å². The number of halogens is 3. The van der Waals surface area contributed by atoms with E-state index in [-0.39, 0.29) is 5.69 Å². The normalized spacial score (nSPS) is 15.0. The number of carboxylic acid groups (broad SMARTS) is 1. The van der Waals surface area contributed by atoms with Crippen LogP contribution in [0.1, 0.15) is 17.2 Å². The fourth-order valence-electron chi connectivity index (χ4n) is 2.99. The maximum Gasteiger partial charge on any atom is 0.471 e. The van der Waals surface area contributed by atoms with E-state index in [1.165, 1.54) is 12.1 Å². The molecule has 9 heteroatoms. The molecule has 2 aromatic carbocycles. The van der Waals surface area contributed by atoms with Gasteiger partial charge in [-0.3, -0.25) is 9.59 Å². The molecule has 3 N–H and O–H groups in total. The maximum absolute atomic E-state index is 12.7. The van der Waals surface area contributed by atoms with E-state index in [1.54, 1.807) is 30.3 Å². The summed E-state index contributed by atoms with van der Waals surface area (Å²) >= 11 is 0. The molecule has 0 bridgehead atoms. The number of rotatable bonds is 4. The highest BCUT2D eigenvalue weighted by Crippen LogP contribution is 2.44. The number of hydrogen-bond donors (Lipinski definition) is 3. The number of aliphatic carboxylic acids is 1. The Morgan fingerprint density at radius 1 is 0.964 bits per heavy atom. The van der Waals surface area contributed by atoms with Crippen molar-refractivity contribution in [1.82, 2.24) is 5.32 Å². The van der Waals surface area contributed by atoms with E-state index in [0.717, 1.165) is 6.08 Å². The summed E-state index contributed by atoms with van der Waals surface area (Å²) in [6.45, 7) is 0. The van der Waals surface area contributed by atoms with E-state index in [9.17, 15) is 27.6 Å². The number of carbonyl (C=O) groups is 3. The van der Waals surface area contributed by atoms with Crippen molar-refractivity contribution in [2.75, 3.05) is 5.32 Å². The summed E-state index contributed by atoms with van der Waals surface area (Å²) < 4.78 is 38.2. The number of fused-ring (bicyclic) bond motifs is 3. The molecule has 0 saturated heterocycles. The largest absolute Gasteiger partial charge is 0.478 e. The summed E-state index contributed by atoms with van der Waals surface area (Å²) in [4.78, 5) is 33.7. The van der Waals surface area contributed by atoms with Crippen LogP contribution < -0.4 is 10.6 Å². The molecule has 2 aromatic rings. The molecule has 28 heavy (non-hydrogen) atoms. The second kappa shape index (κ2) is 7.18. The summed E-state index contributed by atoms with van der Waals surface area (Å²) in [6, 6.07) is 10.3. The van der Waals surface area contributed by atoms with Crippen molar-refractivity contribution in [2.24, 2.45) is 0 Å². The minimum atomic E-state index is -5.04. The van der Waals surface area contributed by atoms with E-state index in [0.29, 0.717) is 28.3 Å². The summed E-state index contributed by atoms with van der Waals surface area (Å²) in [6.07, 6.45) is -3.57. The highest BCUT2D eigenvalue weighted by molar-refractivity contribution is 6.02. The molecule has 2 amide bonds. The zero-order valence-corrected chi connectivity index (χ0v) is 14.1. The van der Waals surface area contributed by atoms with Gasteiger partial charge < -0.3 is 15.7 Å². The highest BCUT2D eigenvalue weighted by atomic mass is 19.4. The van der Waals surface area contributed by atoms with Crippen LogP contribution in [-0.2, 0) is 14.4 Å². The molecular weight excluding hydrogens is 377 g/mol. The van der Waals surface area contributed by atoms with Gasteiger partial charge in [0.05, 0.1) is 6.04 Å². The zero-order chi connectivity index (χ0) is 20.5. The number of anilines is 1. The van der Waals surface area contributed by atoms with Crippen LogP contribution in [0.2, 0.25) is 0 Å². The van der Waals surface area contributed by atoms with Crippen LogP contribution in [0.4, 0.5) is 18.9 Å². The fourth-order valence-corrected chi connectivity index (χ4v) is 2.99. The van der Waals surface area contributed by atoms with Crippen LogP contribution in [0.5, 0.6) is 0 Å². The predicted molar refractivity (Wildman–Crippen MR) is 93.3 cm³/mol. The number of carbonyl (C=O) groups excluding carboxylic acids is 2. The van der Waals surface area contributed by atoms with E-state index in [1.807, 2.05) is 5.32 Å². The summed E-state index contributed by atoms with van der Waals surface area (Å²) in [5.41, 5.74) is 2.44. The van der Waals surface area contributed by atoms with Crippen LogP contribution >= 0.6 is 0 Å². The van der Waals surface area contributed by atoms with Crippen molar-refractivity contribution in [3.63, 3.8) is 0 Å². The van der Waals surface area contributed by atoms with Gasteiger partial charge in [-0.15, -0.1) is 0 Å². The Labute approximate surface area is 156 Å². The van der Waals surface area contributed by atoms with Crippen molar-refractivity contribution in [3.05, 3.63) is 65.7 Å². The average molecular weight is 390 g/mol. The van der Waals surface area contributed by atoms with Crippen molar-refractivity contribution >= 4 is 23.5 Å². The number of alkyl halides is 3. The van der Waals surface area contributed by atoms with Gasteiger partial charge in [-0.25, -0.2) is 4.79 Å². The fraction of sp³-hybridized carbons (Fsp3) is 0.105. The molecule has 0 aromatic heterocycles. The first-order valence-electron chi connectivity index (χ1n) is 8.00. The van der Waals surface area contributed by atoms with Gasteiger partial charge in [0.25, 0.3) is 0 Å². The smallest absolute Gasteiger partial charge is 0.471 e. The number of hydrogen-bond acceptors (Lipinski definition) is 3. The lowest BCUT2D eigenvalue weighted by Crippen LogP contribution is -2.39. The second-order valence-corrected chi connectivity index (χ2v) is 5.95. The third-order valence-corrected chi connectivity index (χ3v) is 4.10. The van der Waals surface area contributed by atoms with Crippen molar-refractivity contribution in [2.45, 2.75) is 12.2 Å². The van der Waals surface area contributed by atoms with E-state index >= 15 is 0 Å². The molecule has 0 saturated carbocycles. The number of nitrogens with one attached hydrogen (secondary N) is 2. The van der Waals surface area contributed by atoms with Crippen LogP contribution in [0, 0.1) is 0 Å². The predicted octanol–water partition coefficient (Wildman–Crippen LogP) is 3.01. The van der Waals surface area contributed by atoms with Gasteiger partial charge in [-0.05, 0) is 34.4 Å². The molecule has 0 fully saturated rings. The quantitative estimate of drug-likeness (QED) is 0.700. The lowest BCUT2D eigenvalue weighted by atomic mass is 10.0. The molecule has 0 radical (unpaired) electrons. The molecule has 0 spiro atoms. The van der Waals surface area contributed by atoms with Crippen LogP contribution in [0.25, 0.3) is 11.1 Å². The lowest BCUT2D eigenvalue weighted by molar-refractivity contribution is -0.174. The van der Waals surface area contributed by atoms with Crippen LogP contribution in [0.3, 0.4) is 0 Å². The number of benzene rings is 2. The summed E-state index contributed by atoms with van der Waals surface area (Å²) in [5, 5.41) is 13.0. The minimum Gasteiger partial charge on any atom is -0.478 e. The minimum absolute atomic E-state index is 0.248. The Morgan fingerprint density at radius 2 is 1.64 bits per heavy atom. The molecule has 0 heterocycles. The van der Waals surface area contributed by atoms with Gasteiger partial charge in [0.2, 0.25) is 5.91 Å². The lowest BCUT2D eigenvalue weighted by Gasteiger charge is -2.17. The first kappa shape index (κ1) is 19.2. The number of carboxylic acids is 1. The molecule has 3 rings (SSSR count). The van der Waals surface area contributed by atoms with Gasteiger partial charge in [0.15, 0.2) is 0 Å². The third kappa shape index (κ3) is 3.88. The molecule has 0 unspecified atom stereocenters. The Kier molecular flexibility index (Phi) is 4.91. The average Bonchev–Trinajstić information content (AvgIpc) is 2.93. The number of amides is 2. The van der Waals surface area contributed by atoms with Crippen LogP contribution in [-0.4, -0.2) is 29.1 Å². The molecule has 144 valence electrons. The zero-order valence-electron chi connectivity index (χ0n) is 14.1. The van der Waals surface area contributed by atoms with Gasteiger partial charge >= 0.3 is 18.1 Å². The second-order valence-electron chi connectivity index (χ2n) is 5.95.